The molecule has 2 aromatic rings. The number of esters is 2. The Kier molecular flexibility index (Phi) is 11.4. The summed E-state index contributed by atoms with van der Waals surface area (Å²) in [7, 11) is 0. The first kappa shape index (κ1) is 42.0. The van der Waals surface area contributed by atoms with Gasteiger partial charge in [-0.1, -0.05) is 81.6 Å². The van der Waals surface area contributed by atoms with Gasteiger partial charge < -0.3 is 49.8 Å². The Bertz CT molecular complexity index is 1910. The van der Waals surface area contributed by atoms with Gasteiger partial charge in [0, 0.05) is 24.2 Å². The van der Waals surface area contributed by atoms with Crippen molar-refractivity contribution in [2.24, 2.45) is 22.7 Å². The predicted octanol–water partition coefficient (Wildman–Crippen LogP) is 3.30. The van der Waals surface area contributed by atoms with Crippen molar-refractivity contribution in [2.45, 2.75) is 133 Å². The van der Waals surface area contributed by atoms with Crippen LogP contribution in [0.5, 0.6) is 0 Å². The number of benzene rings is 2. The molecule has 4 fully saturated rings. The van der Waals surface area contributed by atoms with Crippen molar-refractivity contribution in [1.82, 2.24) is 5.32 Å². The fourth-order valence-electron chi connectivity index (χ4n) is 10.6. The average Bonchev–Trinajstić information content (AvgIpc) is 3.21. The normalized spacial score (nSPS) is 35.4. The van der Waals surface area contributed by atoms with Gasteiger partial charge in [0.25, 0.3) is 0 Å². The van der Waals surface area contributed by atoms with Crippen molar-refractivity contribution in [3.8, 4) is 0 Å². The van der Waals surface area contributed by atoms with Crippen LogP contribution in [0.3, 0.4) is 0 Å². The first-order valence-electron chi connectivity index (χ1n) is 20.2. The Morgan fingerprint density at radius 3 is 2.19 bits per heavy atom. The molecule has 14 heteroatoms. The topological polar surface area (TPSA) is 218 Å². The number of nitrogens with one attached hydrogen (secondary N) is 1. The van der Waals surface area contributed by atoms with Crippen LogP contribution in [-0.2, 0) is 35.1 Å². The molecule has 7 rings (SSSR count). The number of aliphatic hydroxyl groups excluding tert-OH is 3. The molecule has 1 amide bonds. The quantitative estimate of drug-likeness (QED) is 0.122. The number of ketones is 1. The summed E-state index contributed by atoms with van der Waals surface area (Å²) >= 11 is 0. The van der Waals surface area contributed by atoms with Crippen molar-refractivity contribution in [3.05, 3.63) is 82.9 Å². The van der Waals surface area contributed by atoms with Gasteiger partial charge >= 0.3 is 18.0 Å². The molecule has 2 bridgehead atoms. The molecule has 11 atom stereocenters. The number of ether oxygens (including phenoxy) is 4. The lowest BCUT2D eigenvalue weighted by Gasteiger charge is -2.66. The van der Waals surface area contributed by atoms with E-state index in [1.165, 1.54) is 19.1 Å². The summed E-state index contributed by atoms with van der Waals surface area (Å²) in [6.45, 7) is 5.74. The molecule has 6 N–H and O–H groups in total. The van der Waals surface area contributed by atoms with E-state index < -0.39 is 101 Å². The molecule has 0 spiro atoms. The highest BCUT2D eigenvalue weighted by Gasteiger charge is 2.76. The van der Waals surface area contributed by atoms with Crippen LogP contribution in [-0.4, -0.2) is 110 Å². The van der Waals surface area contributed by atoms with Crippen LogP contribution < -0.4 is 5.32 Å². The van der Waals surface area contributed by atoms with Gasteiger partial charge in [0.1, 0.15) is 36.1 Å². The molecule has 314 valence electrons. The van der Waals surface area contributed by atoms with Crippen LogP contribution in [0.4, 0.5) is 4.79 Å². The zero-order chi connectivity index (χ0) is 41.8. The van der Waals surface area contributed by atoms with Crippen molar-refractivity contribution in [2.75, 3.05) is 6.61 Å². The molecule has 1 aliphatic heterocycles. The number of carbonyl (C=O) groups excluding carboxylic acids is 4. The number of rotatable bonds is 9. The molecular formula is C44H55NO13. The molecule has 5 aliphatic rings. The molecule has 0 radical (unpaired) electrons. The molecule has 0 aromatic heterocycles. The lowest BCUT2D eigenvalue weighted by molar-refractivity contribution is -0.343. The van der Waals surface area contributed by atoms with Gasteiger partial charge in [0.15, 0.2) is 11.9 Å². The lowest BCUT2D eigenvalue weighted by Crippen LogP contribution is -2.81. The van der Waals surface area contributed by atoms with Gasteiger partial charge in [-0.2, -0.15) is 0 Å². The first-order chi connectivity index (χ1) is 27.4. The molecule has 1 heterocycles. The van der Waals surface area contributed by atoms with Crippen molar-refractivity contribution in [3.63, 3.8) is 0 Å². The Morgan fingerprint density at radius 1 is 0.931 bits per heavy atom. The van der Waals surface area contributed by atoms with E-state index >= 15 is 0 Å². The minimum absolute atomic E-state index is 0.0170. The fourth-order valence-corrected chi connectivity index (χ4v) is 10.6. The smallest absolute Gasteiger partial charge is 0.407 e. The summed E-state index contributed by atoms with van der Waals surface area (Å²) < 4.78 is 23.4. The molecule has 58 heavy (non-hydrogen) atoms. The van der Waals surface area contributed by atoms with E-state index in [1.807, 2.05) is 6.07 Å². The predicted molar refractivity (Wildman–Crippen MR) is 206 cm³/mol. The molecular weight excluding hydrogens is 750 g/mol. The van der Waals surface area contributed by atoms with E-state index in [9.17, 15) is 44.7 Å². The van der Waals surface area contributed by atoms with Gasteiger partial charge in [-0.25, -0.2) is 14.4 Å². The van der Waals surface area contributed by atoms with Gasteiger partial charge in [-0.3, -0.25) is 4.79 Å². The number of aliphatic hydroxyl groups is 5. The maximum Gasteiger partial charge on any atom is 0.407 e. The number of Topliss-reactive ketones (excluding diaryl/α,β-unsaturated/α-hetero) is 1. The van der Waals surface area contributed by atoms with Crippen molar-refractivity contribution in [1.29, 1.82) is 0 Å². The van der Waals surface area contributed by atoms with E-state index in [1.54, 1.807) is 63.2 Å². The monoisotopic (exact) mass is 805 g/mol. The van der Waals surface area contributed by atoms with Crippen LogP contribution in [0.15, 0.2) is 71.8 Å². The second-order valence-electron chi connectivity index (χ2n) is 17.6. The molecule has 14 nitrogen and oxygen atoms in total. The van der Waals surface area contributed by atoms with E-state index in [-0.39, 0.29) is 42.3 Å². The number of amides is 1. The number of fused-ring (bicyclic) bond motifs is 5. The van der Waals surface area contributed by atoms with Gasteiger partial charge in [0.2, 0.25) is 0 Å². The first-order valence-corrected chi connectivity index (χ1v) is 20.2. The van der Waals surface area contributed by atoms with Gasteiger partial charge in [-0.15, -0.1) is 0 Å². The van der Waals surface area contributed by atoms with Gasteiger partial charge in [-0.05, 0) is 61.4 Å². The lowest BCUT2D eigenvalue weighted by atomic mass is 9.44. The van der Waals surface area contributed by atoms with E-state index in [2.05, 4.69) is 5.32 Å². The zero-order valence-electron chi connectivity index (χ0n) is 33.3. The maximum atomic E-state index is 14.8. The van der Waals surface area contributed by atoms with Crippen molar-refractivity contribution >= 4 is 23.8 Å². The summed E-state index contributed by atoms with van der Waals surface area (Å²) in [5, 5.41) is 63.8. The minimum atomic E-state index is -2.29. The number of hydrogen-bond donors (Lipinski definition) is 6. The molecule has 1 unspecified atom stereocenters. The van der Waals surface area contributed by atoms with Crippen LogP contribution in [0.1, 0.15) is 88.6 Å². The Balaban J connectivity index is 1.25. The highest BCUT2D eigenvalue weighted by atomic mass is 16.6. The average molecular weight is 806 g/mol. The molecule has 3 saturated carbocycles. The summed E-state index contributed by atoms with van der Waals surface area (Å²) in [4.78, 5) is 56.0. The van der Waals surface area contributed by atoms with Crippen LogP contribution >= 0.6 is 0 Å². The summed E-state index contributed by atoms with van der Waals surface area (Å²) in [5.74, 6) is -4.70. The molecule has 4 aliphatic carbocycles. The van der Waals surface area contributed by atoms with E-state index in [0.717, 1.165) is 24.8 Å². The number of carbonyl (C=O) groups is 4. The largest absolute Gasteiger partial charge is 0.456 e. The van der Waals surface area contributed by atoms with Crippen molar-refractivity contribution < 1.29 is 63.7 Å². The van der Waals surface area contributed by atoms with Crippen LogP contribution in [0, 0.1) is 22.7 Å². The van der Waals surface area contributed by atoms with E-state index in [0.29, 0.717) is 12.8 Å². The summed E-state index contributed by atoms with van der Waals surface area (Å²) in [6, 6.07) is 15.9. The Hall–Kier alpha value is -4.18. The zero-order valence-corrected chi connectivity index (χ0v) is 33.3. The highest BCUT2D eigenvalue weighted by Crippen LogP contribution is 2.63. The Labute approximate surface area is 337 Å². The third kappa shape index (κ3) is 6.94. The third-order valence-electron chi connectivity index (χ3n) is 14.1. The fraction of sp³-hybridized carbons (Fsp3) is 0.591. The third-order valence-corrected chi connectivity index (χ3v) is 14.1. The standard InChI is InChI=1S/C44H55NO13/c1-24-28(57-39(51)34(48)32(26-16-10-6-11-17-26)45-40(52)55-22-25-14-8-5-9-15-25)21-44(54)37(58-38(50)27-18-12-7-13-19-27)35-42(4,29(46)20-30-43(35,53)23-56-30)36(49)33(47)31(24)41(44,2)3/h5,7-9,12-15,18-19,26,28-30,32-35,37,46-48,53-54H,6,10-11,16-17,20-23H2,1-4H3,(H,45,52)/t28?,29-,30+,32-,33+,34+,35-,37-,42+,43-,44+/m0/s1. The summed E-state index contributed by atoms with van der Waals surface area (Å²) in [5.41, 5.74) is -6.66. The maximum absolute atomic E-state index is 14.8. The number of alkyl carbamates (subject to hydrolysis) is 1. The minimum Gasteiger partial charge on any atom is -0.456 e. The van der Waals surface area contributed by atoms with Crippen LogP contribution in [0.2, 0.25) is 0 Å². The molecule has 1 saturated heterocycles. The SMILES string of the molecule is CC1=C2[C@@H](O)C(=O)[C@@]3(C)[C@H]([C@H](OC(=O)c4ccccc4)[C@](O)(CC1OC(=O)[C@H](O)[C@@H](NC(=O)OCc1ccccc1)C1CCCCC1)C2(C)C)[C@]1(O)CO[C@@H]1C[C@@H]3O. The molecule has 2 aromatic carbocycles. The van der Waals surface area contributed by atoms with Crippen LogP contribution in [0.25, 0.3) is 0 Å². The summed E-state index contributed by atoms with van der Waals surface area (Å²) in [6.07, 6.45) is -7.06. The van der Waals surface area contributed by atoms with E-state index in [4.69, 9.17) is 18.9 Å². The highest BCUT2D eigenvalue weighted by molar-refractivity contribution is 5.94. The Morgan fingerprint density at radius 2 is 1.57 bits per heavy atom. The second kappa shape index (κ2) is 15.8. The van der Waals surface area contributed by atoms with Gasteiger partial charge in [0.05, 0.1) is 35.8 Å². The second-order valence-corrected chi connectivity index (χ2v) is 17.6. The number of hydrogen-bond acceptors (Lipinski definition) is 13.